The number of aromatic amines is 1. The van der Waals surface area contributed by atoms with Crippen LogP contribution in [0.1, 0.15) is 22.4 Å². The second kappa shape index (κ2) is 7.53. The highest BCUT2D eigenvalue weighted by Gasteiger charge is 2.19. The molecule has 1 N–H and O–H groups in total. The molecule has 28 heavy (non-hydrogen) atoms. The zero-order valence-corrected chi connectivity index (χ0v) is 15.9. The van der Waals surface area contributed by atoms with Gasteiger partial charge in [0.1, 0.15) is 0 Å². The van der Waals surface area contributed by atoms with Crippen molar-refractivity contribution < 1.29 is 0 Å². The molecule has 0 unspecified atom stereocenters. The Hall–Kier alpha value is -3.66. The highest BCUT2D eigenvalue weighted by atomic mass is 16.1. The van der Waals surface area contributed by atoms with Crippen LogP contribution in [0.2, 0.25) is 0 Å². The van der Waals surface area contributed by atoms with Gasteiger partial charge >= 0.3 is 0 Å². The molecule has 4 aromatic rings. The fraction of sp³-hybridized carbons (Fsp3) is 0.0833. The Labute approximate surface area is 163 Å². The predicted molar refractivity (Wildman–Crippen MR) is 114 cm³/mol. The average Bonchev–Trinajstić information content (AvgIpc) is 3.02. The Morgan fingerprint density at radius 1 is 0.821 bits per heavy atom. The van der Waals surface area contributed by atoms with Crippen molar-refractivity contribution in [2.75, 3.05) is 0 Å². The SMILES string of the molecule is Cc1ccc(C(=Nc2ccccc2)c2c(C)[nH]n(-c3ccccc3)c2=O)cc1. The lowest BCUT2D eigenvalue weighted by Crippen LogP contribution is -2.21. The van der Waals surface area contributed by atoms with E-state index in [9.17, 15) is 4.79 Å². The fourth-order valence-electron chi connectivity index (χ4n) is 3.19. The van der Waals surface area contributed by atoms with Crippen LogP contribution in [0.4, 0.5) is 5.69 Å². The largest absolute Gasteiger partial charge is 0.295 e. The van der Waals surface area contributed by atoms with E-state index in [1.54, 1.807) is 4.68 Å². The zero-order valence-electron chi connectivity index (χ0n) is 15.9. The Bertz CT molecular complexity index is 1170. The second-order valence-electron chi connectivity index (χ2n) is 6.75. The summed E-state index contributed by atoms with van der Waals surface area (Å²) in [6, 6.07) is 27.4. The number of para-hydroxylation sites is 2. The van der Waals surface area contributed by atoms with Gasteiger partial charge in [0, 0.05) is 11.3 Å². The van der Waals surface area contributed by atoms with E-state index in [0.717, 1.165) is 28.2 Å². The van der Waals surface area contributed by atoms with Crippen LogP contribution in [0, 0.1) is 13.8 Å². The summed E-state index contributed by atoms with van der Waals surface area (Å²) >= 11 is 0. The third-order valence-corrected chi connectivity index (χ3v) is 4.64. The van der Waals surface area contributed by atoms with Gasteiger partial charge in [0.15, 0.2) is 0 Å². The maximum Gasteiger partial charge on any atom is 0.280 e. The van der Waals surface area contributed by atoms with Gasteiger partial charge in [-0.15, -0.1) is 0 Å². The summed E-state index contributed by atoms with van der Waals surface area (Å²) in [4.78, 5) is 18.2. The van der Waals surface area contributed by atoms with Gasteiger partial charge in [-0.3, -0.25) is 9.89 Å². The Morgan fingerprint density at radius 2 is 1.43 bits per heavy atom. The molecule has 1 heterocycles. The van der Waals surface area contributed by atoms with E-state index in [4.69, 9.17) is 4.99 Å². The van der Waals surface area contributed by atoms with E-state index < -0.39 is 0 Å². The number of hydrogen-bond donors (Lipinski definition) is 1. The van der Waals surface area contributed by atoms with Crippen molar-refractivity contribution >= 4 is 11.4 Å². The van der Waals surface area contributed by atoms with E-state index in [-0.39, 0.29) is 5.56 Å². The predicted octanol–water partition coefficient (Wildman–Crippen LogP) is 4.95. The minimum absolute atomic E-state index is 0.112. The molecule has 0 aliphatic heterocycles. The molecule has 0 amide bonds. The second-order valence-corrected chi connectivity index (χ2v) is 6.75. The number of rotatable bonds is 4. The van der Waals surface area contributed by atoms with E-state index in [1.165, 1.54) is 0 Å². The van der Waals surface area contributed by atoms with Crippen LogP contribution in [0.25, 0.3) is 5.69 Å². The van der Waals surface area contributed by atoms with Gasteiger partial charge in [-0.25, -0.2) is 9.67 Å². The summed E-state index contributed by atoms with van der Waals surface area (Å²) in [6.07, 6.45) is 0. The van der Waals surface area contributed by atoms with Crippen molar-refractivity contribution in [1.29, 1.82) is 0 Å². The van der Waals surface area contributed by atoms with Crippen molar-refractivity contribution in [3.63, 3.8) is 0 Å². The number of nitrogens with one attached hydrogen (secondary N) is 1. The molecule has 0 radical (unpaired) electrons. The molecule has 0 saturated carbocycles. The molecule has 4 heteroatoms. The maximum absolute atomic E-state index is 13.3. The van der Waals surface area contributed by atoms with Gasteiger partial charge in [0.2, 0.25) is 0 Å². The van der Waals surface area contributed by atoms with Crippen molar-refractivity contribution in [2.24, 2.45) is 4.99 Å². The van der Waals surface area contributed by atoms with Gasteiger partial charge in [0.25, 0.3) is 5.56 Å². The number of nitrogens with zero attached hydrogens (tertiary/aromatic N) is 2. The van der Waals surface area contributed by atoms with Crippen molar-refractivity contribution in [3.05, 3.63) is 118 Å². The van der Waals surface area contributed by atoms with Crippen molar-refractivity contribution in [2.45, 2.75) is 13.8 Å². The standard InChI is InChI=1S/C24H21N3O/c1-17-13-15-19(16-14-17)23(25-20-9-5-3-6-10-20)22-18(2)26-27(24(22)28)21-11-7-4-8-12-21/h3-16,26H,1-2H3. The van der Waals surface area contributed by atoms with Crippen molar-refractivity contribution in [1.82, 2.24) is 9.78 Å². The number of benzene rings is 3. The molecular weight excluding hydrogens is 346 g/mol. The Balaban J connectivity index is 1.93. The smallest absolute Gasteiger partial charge is 0.280 e. The van der Waals surface area contributed by atoms with Crippen LogP contribution in [0.3, 0.4) is 0 Å². The minimum Gasteiger partial charge on any atom is -0.295 e. The molecule has 0 aliphatic carbocycles. The van der Waals surface area contributed by atoms with Gasteiger partial charge in [0.05, 0.1) is 22.6 Å². The molecule has 4 rings (SSSR count). The summed E-state index contributed by atoms with van der Waals surface area (Å²) in [5, 5.41) is 3.20. The number of H-pyrrole nitrogens is 1. The van der Waals surface area contributed by atoms with Gasteiger partial charge < -0.3 is 0 Å². The molecule has 0 spiro atoms. The number of hydrogen-bond acceptors (Lipinski definition) is 2. The minimum atomic E-state index is -0.112. The van der Waals surface area contributed by atoms with Crippen LogP contribution < -0.4 is 5.56 Å². The Kier molecular flexibility index (Phi) is 4.77. The molecule has 0 saturated heterocycles. The number of aromatic nitrogens is 2. The first-order valence-corrected chi connectivity index (χ1v) is 9.21. The quantitative estimate of drug-likeness (QED) is 0.510. The average molecular weight is 367 g/mol. The maximum atomic E-state index is 13.3. The molecule has 3 aromatic carbocycles. The summed E-state index contributed by atoms with van der Waals surface area (Å²) in [5.41, 5.74) is 5.59. The van der Waals surface area contributed by atoms with Gasteiger partial charge in [-0.1, -0.05) is 66.2 Å². The third-order valence-electron chi connectivity index (χ3n) is 4.64. The molecule has 0 atom stereocenters. The fourth-order valence-corrected chi connectivity index (χ4v) is 3.19. The van der Waals surface area contributed by atoms with Crippen LogP contribution in [0.15, 0.2) is 94.7 Å². The number of aliphatic imine (C=N–C) groups is 1. The first kappa shape index (κ1) is 17.7. The zero-order chi connectivity index (χ0) is 19.5. The molecular formula is C24H21N3O. The van der Waals surface area contributed by atoms with Crippen LogP contribution in [-0.4, -0.2) is 15.5 Å². The summed E-state index contributed by atoms with van der Waals surface area (Å²) < 4.78 is 1.57. The van der Waals surface area contributed by atoms with Crippen LogP contribution in [-0.2, 0) is 0 Å². The van der Waals surface area contributed by atoms with Crippen molar-refractivity contribution in [3.8, 4) is 5.69 Å². The van der Waals surface area contributed by atoms with Gasteiger partial charge in [-0.05, 0) is 38.1 Å². The van der Waals surface area contributed by atoms with E-state index >= 15 is 0 Å². The summed E-state index contributed by atoms with van der Waals surface area (Å²) in [5.74, 6) is 0. The lowest BCUT2D eigenvalue weighted by atomic mass is 10.0. The highest BCUT2D eigenvalue weighted by Crippen LogP contribution is 2.19. The first-order valence-electron chi connectivity index (χ1n) is 9.21. The summed E-state index contributed by atoms with van der Waals surface area (Å²) in [6.45, 7) is 3.95. The molecule has 4 nitrogen and oxygen atoms in total. The monoisotopic (exact) mass is 367 g/mol. The molecule has 138 valence electrons. The van der Waals surface area contributed by atoms with Gasteiger partial charge in [-0.2, -0.15) is 0 Å². The lowest BCUT2D eigenvalue weighted by Gasteiger charge is -2.07. The molecule has 0 bridgehead atoms. The normalized spacial score (nSPS) is 11.6. The van der Waals surface area contributed by atoms with E-state index in [1.807, 2.05) is 98.8 Å². The van der Waals surface area contributed by atoms with Crippen LogP contribution >= 0.6 is 0 Å². The van der Waals surface area contributed by atoms with E-state index in [0.29, 0.717) is 11.3 Å². The molecule has 0 aliphatic rings. The highest BCUT2D eigenvalue weighted by molar-refractivity contribution is 6.14. The molecule has 0 fully saturated rings. The Morgan fingerprint density at radius 3 is 2.07 bits per heavy atom. The van der Waals surface area contributed by atoms with Crippen LogP contribution in [0.5, 0.6) is 0 Å². The van der Waals surface area contributed by atoms with E-state index in [2.05, 4.69) is 5.10 Å². The lowest BCUT2D eigenvalue weighted by molar-refractivity contribution is 0.835. The first-order chi connectivity index (χ1) is 13.6. The molecule has 1 aromatic heterocycles. The topological polar surface area (TPSA) is 50.1 Å². The summed E-state index contributed by atoms with van der Waals surface area (Å²) in [7, 11) is 0. The third kappa shape index (κ3) is 3.45. The number of aryl methyl sites for hydroxylation is 2.